The monoisotopic (exact) mass is 902 g/mol. The van der Waals surface area contributed by atoms with Crippen molar-refractivity contribution in [3.63, 3.8) is 0 Å². The van der Waals surface area contributed by atoms with E-state index in [0.29, 0.717) is 12.8 Å². The molecule has 0 aromatic rings. The lowest BCUT2D eigenvalue weighted by molar-refractivity contribution is -0.145. The highest BCUT2D eigenvalue weighted by atomic mass is 16.4. The first kappa shape index (κ1) is 57.1. The van der Waals surface area contributed by atoms with Crippen LogP contribution < -0.4 is 53.6 Å². The summed E-state index contributed by atoms with van der Waals surface area (Å²) in [5.41, 5.74) is 5.96. The second-order valence-corrected chi connectivity index (χ2v) is 15.5. The first-order valence-electron chi connectivity index (χ1n) is 20.4. The van der Waals surface area contributed by atoms with Crippen LogP contribution in [0.4, 0.5) is 0 Å². The number of rotatable bonds is 28. The third-order valence-corrected chi connectivity index (χ3v) is 9.81. The van der Waals surface area contributed by atoms with Gasteiger partial charge >= 0.3 is 11.9 Å². The van der Waals surface area contributed by atoms with Crippen LogP contribution >= 0.6 is 0 Å². The van der Waals surface area contributed by atoms with Crippen molar-refractivity contribution in [1.29, 1.82) is 0 Å². The summed E-state index contributed by atoms with van der Waals surface area (Å²) in [5, 5.41) is 58.6. The van der Waals surface area contributed by atoms with Crippen molar-refractivity contribution in [3.8, 4) is 0 Å². The molecule has 358 valence electrons. The summed E-state index contributed by atoms with van der Waals surface area (Å²) in [6.07, 6.45) is -3.22. The van der Waals surface area contributed by atoms with Crippen molar-refractivity contribution in [2.24, 2.45) is 23.5 Å². The predicted octanol–water partition coefficient (Wildman–Crippen LogP) is -5.34. The Kier molecular flexibility index (Phi) is 25.2. The van der Waals surface area contributed by atoms with Crippen LogP contribution in [0.15, 0.2) is 0 Å². The molecule has 0 aliphatic carbocycles. The van der Waals surface area contributed by atoms with Crippen molar-refractivity contribution in [2.75, 3.05) is 19.6 Å². The normalized spacial score (nSPS) is 16.3. The molecule has 9 amide bonds. The Balaban J connectivity index is 5.37. The Hall–Kier alpha value is -5.95. The molecule has 15 N–H and O–H groups in total. The zero-order valence-electron chi connectivity index (χ0n) is 37.0. The molecule has 0 radical (unpaired) electrons. The molecule has 0 fully saturated rings. The number of amides is 9. The minimum atomic E-state index is -1.86. The van der Waals surface area contributed by atoms with Crippen LogP contribution in [-0.2, 0) is 52.7 Å². The third kappa shape index (κ3) is 20.6. The van der Waals surface area contributed by atoms with E-state index in [1.165, 1.54) is 0 Å². The molecule has 0 spiro atoms. The molecule has 0 saturated heterocycles. The maximum atomic E-state index is 13.4. The van der Waals surface area contributed by atoms with Crippen molar-refractivity contribution < 1.29 is 73.2 Å². The Morgan fingerprint density at radius 1 is 0.476 bits per heavy atom. The van der Waals surface area contributed by atoms with Crippen molar-refractivity contribution >= 4 is 65.1 Å². The Labute approximate surface area is 364 Å². The van der Waals surface area contributed by atoms with Crippen LogP contribution in [0.3, 0.4) is 0 Å². The molecule has 0 rings (SSSR count). The first-order valence-corrected chi connectivity index (χ1v) is 20.4. The molecule has 63 heavy (non-hydrogen) atoms. The lowest BCUT2D eigenvalue weighted by Gasteiger charge is -2.29. The number of aliphatic hydroxyl groups is 2. The molecule has 11 atom stereocenters. The van der Waals surface area contributed by atoms with E-state index in [1.54, 1.807) is 34.6 Å². The molecule has 25 heteroatoms. The Morgan fingerprint density at radius 2 is 0.889 bits per heavy atom. The van der Waals surface area contributed by atoms with Gasteiger partial charge in [0, 0.05) is 0 Å². The van der Waals surface area contributed by atoms with Gasteiger partial charge in [-0.3, -0.25) is 47.9 Å². The molecular formula is C38H66N10O15. The predicted molar refractivity (Wildman–Crippen MR) is 221 cm³/mol. The molecule has 0 bridgehead atoms. The van der Waals surface area contributed by atoms with Crippen LogP contribution in [0, 0.1) is 17.8 Å². The fraction of sp³-hybridized carbons (Fsp3) is 0.711. The van der Waals surface area contributed by atoms with E-state index in [9.17, 15) is 68.1 Å². The highest BCUT2D eigenvalue weighted by Gasteiger charge is 2.35. The van der Waals surface area contributed by atoms with Crippen LogP contribution in [0.2, 0.25) is 0 Å². The van der Waals surface area contributed by atoms with Crippen molar-refractivity contribution in [2.45, 2.75) is 136 Å². The van der Waals surface area contributed by atoms with Crippen LogP contribution in [0.25, 0.3) is 0 Å². The van der Waals surface area contributed by atoms with Crippen molar-refractivity contribution in [3.05, 3.63) is 0 Å². The maximum Gasteiger partial charge on any atom is 0.328 e. The fourth-order valence-corrected chi connectivity index (χ4v) is 5.28. The number of aliphatic hydroxyl groups excluding tert-OH is 2. The summed E-state index contributed by atoms with van der Waals surface area (Å²) in [6, 6.07) is -9.85. The lowest BCUT2D eigenvalue weighted by Crippen LogP contribution is -2.60. The van der Waals surface area contributed by atoms with E-state index < -0.39 is 152 Å². The van der Waals surface area contributed by atoms with E-state index in [4.69, 9.17) is 10.8 Å². The largest absolute Gasteiger partial charge is 0.481 e. The van der Waals surface area contributed by atoms with Crippen molar-refractivity contribution in [1.82, 2.24) is 47.9 Å². The van der Waals surface area contributed by atoms with Gasteiger partial charge in [0.15, 0.2) is 6.04 Å². The molecule has 0 aliphatic heterocycles. The van der Waals surface area contributed by atoms with E-state index >= 15 is 0 Å². The number of carbonyl (C=O) groups is 11. The second kappa shape index (κ2) is 27.9. The molecule has 0 aromatic carbocycles. The average Bonchev–Trinajstić information content (AvgIpc) is 3.20. The van der Waals surface area contributed by atoms with Crippen LogP contribution in [0.5, 0.6) is 0 Å². The standard InChI is InChI=1S/C38H66N10O15/c1-10-17(5)28(46-36(60)29(18(6)11-2)45-34(58)27(39)16(3)4)35(59)42-14-24(52)40-13-23(51)41-15-25(53)44-22(12-26(54)55)33(57)47-30(20(8)49)37(61)43-19(7)32(56)48-31(21(9)50)38(62)63/h16-22,27-31,49-50H,10-15,39H2,1-9H3,(H,40,52)(H,41,51)(H,42,59)(H,43,61)(H,44,53)(H,45,58)(H,46,60)(H,47,57)(H,48,56)(H,54,55)(H,62,63)/t17-,18-,19-,20+,21+,22-,27-,28-,29-,30-,31-/m0/s1. The first-order chi connectivity index (χ1) is 29.2. The molecule has 0 aliphatic rings. The quantitative estimate of drug-likeness (QED) is 0.0349. The third-order valence-electron chi connectivity index (χ3n) is 9.81. The highest BCUT2D eigenvalue weighted by Crippen LogP contribution is 2.13. The summed E-state index contributed by atoms with van der Waals surface area (Å²) >= 11 is 0. The van der Waals surface area contributed by atoms with Gasteiger partial charge in [0.25, 0.3) is 0 Å². The number of hydrogen-bond acceptors (Lipinski definition) is 14. The number of nitrogens with two attached hydrogens (primary N) is 1. The van der Waals surface area contributed by atoms with Gasteiger partial charge in [-0.25, -0.2) is 4.79 Å². The number of nitrogens with one attached hydrogen (secondary N) is 9. The van der Waals surface area contributed by atoms with Gasteiger partial charge in [0.1, 0.15) is 30.2 Å². The Bertz CT molecular complexity index is 1640. The summed E-state index contributed by atoms with van der Waals surface area (Å²) in [4.78, 5) is 138. The molecular weight excluding hydrogens is 836 g/mol. The minimum Gasteiger partial charge on any atom is -0.481 e. The average molecular weight is 903 g/mol. The number of carboxylic acid groups (broad SMARTS) is 2. The topological polar surface area (TPSA) is 403 Å². The molecule has 0 heterocycles. The molecule has 0 aromatic heterocycles. The van der Waals surface area contributed by atoms with E-state index in [0.717, 1.165) is 20.8 Å². The van der Waals surface area contributed by atoms with Gasteiger partial charge in [0.05, 0.1) is 44.3 Å². The smallest absolute Gasteiger partial charge is 0.328 e. The highest BCUT2D eigenvalue weighted by molar-refractivity contribution is 5.98. The SMILES string of the molecule is CC[C@H](C)[C@H](NC(=O)[C@@H](N)C(C)C)C(=O)N[C@H](C(=O)NCC(=O)NCC(=O)NCC(=O)N[C@@H](CC(=O)O)C(=O)N[C@H](C(=O)N[C@@H](C)C(=O)N[C@H](C(=O)O)[C@@H](C)O)[C@@H](C)O)[C@@H](C)CC. The number of carbonyl (C=O) groups excluding carboxylic acids is 9. The minimum absolute atomic E-state index is 0.199. The van der Waals surface area contributed by atoms with Gasteiger partial charge in [-0.15, -0.1) is 0 Å². The summed E-state index contributed by atoms with van der Waals surface area (Å²) in [6.45, 7) is 11.7. The number of aliphatic carboxylic acids is 2. The fourth-order valence-electron chi connectivity index (χ4n) is 5.28. The molecule has 25 nitrogen and oxygen atoms in total. The van der Waals surface area contributed by atoms with Gasteiger partial charge in [-0.2, -0.15) is 0 Å². The molecule has 0 saturated carbocycles. The summed E-state index contributed by atoms with van der Waals surface area (Å²) in [5.74, 6) is -12.3. The van der Waals surface area contributed by atoms with Crippen LogP contribution in [-0.4, -0.2) is 160 Å². The Morgan fingerprint density at radius 3 is 1.33 bits per heavy atom. The number of carboxylic acids is 2. The second-order valence-electron chi connectivity index (χ2n) is 15.5. The summed E-state index contributed by atoms with van der Waals surface area (Å²) < 4.78 is 0. The van der Waals surface area contributed by atoms with E-state index in [2.05, 4.69) is 42.5 Å². The lowest BCUT2D eigenvalue weighted by atomic mass is 9.94. The zero-order valence-corrected chi connectivity index (χ0v) is 37.0. The van der Waals surface area contributed by atoms with Gasteiger partial charge in [-0.1, -0.05) is 54.4 Å². The summed E-state index contributed by atoms with van der Waals surface area (Å²) in [7, 11) is 0. The number of hydrogen-bond donors (Lipinski definition) is 14. The van der Waals surface area contributed by atoms with Gasteiger partial charge in [-0.05, 0) is 38.5 Å². The van der Waals surface area contributed by atoms with Crippen LogP contribution in [0.1, 0.15) is 81.6 Å². The van der Waals surface area contributed by atoms with E-state index in [1.807, 2.05) is 12.2 Å². The molecule has 0 unspecified atom stereocenters. The van der Waals surface area contributed by atoms with E-state index in [-0.39, 0.29) is 11.8 Å². The van der Waals surface area contributed by atoms with Gasteiger partial charge in [0.2, 0.25) is 53.2 Å². The van der Waals surface area contributed by atoms with Gasteiger partial charge < -0.3 is 74.0 Å². The zero-order chi connectivity index (χ0) is 48.9. The maximum absolute atomic E-state index is 13.4.